The second-order valence-electron chi connectivity index (χ2n) is 5.48. The number of rotatable bonds is 5. The summed E-state index contributed by atoms with van der Waals surface area (Å²) < 4.78 is 5.67. The van der Waals surface area contributed by atoms with Crippen LogP contribution >= 0.6 is 22.7 Å². The van der Waals surface area contributed by atoms with Crippen molar-refractivity contribution in [2.24, 2.45) is 0 Å². The van der Waals surface area contributed by atoms with Crippen LogP contribution in [-0.4, -0.2) is 20.9 Å². The predicted octanol–water partition coefficient (Wildman–Crippen LogP) is 4.41. The van der Waals surface area contributed by atoms with Gasteiger partial charge in [-0.1, -0.05) is 12.1 Å². The van der Waals surface area contributed by atoms with Gasteiger partial charge in [0.2, 0.25) is 11.8 Å². The molecule has 130 valence electrons. The zero-order chi connectivity index (χ0) is 17.9. The fraction of sp³-hybridized carbons (Fsp3) is 0.111. The Labute approximate surface area is 157 Å². The molecule has 1 N–H and O–H groups in total. The highest BCUT2D eigenvalue weighted by Gasteiger charge is 2.16. The fourth-order valence-electron chi connectivity index (χ4n) is 2.38. The molecule has 0 aliphatic carbocycles. The lowest BCUT2D eigenvalue weighted by Crippen LogP contribution is -2.15. The van der Waals surface area contributed by atoms with Crippen LogP contribution in [0, 0.1) is 6.92 Å². The van der Waals surface area contributed by atoms with Crippen molar-refractivity contribution in [3.8, 4) is 22.2 Å². The number of amides is 1. The molecule has 0 spiro atoms. The first-order chi connectivity index (χ1) is 12.7. The van der Waals surface area contributed by atoms with Crippen molar-refractivity contribution in [3.05, 3.63) is 58.7 Å². The Morgan fingerprint density at radius 3 is 2.85 bits per heavy atom. The van der Waals surface area contributed by atoms with Gasteiger partial charge in [-0.15, -0.1) is 22.7 Å². The summed E-state index contributed by atoms with van der Waals surface area (Å²) in [6.07, 6.45) is 1.85. The van der Waals surface area contributed by atoms with Gasteiger partial charge < -0.3 is 9.73 Å². The maximum absolute atomic E-state index is 12.3. The average molecular weight is 382 g/mol. The van der Waals surface area contributed by atoms with Crippen molar-refractivity contribution in [3.63, 3.8) is 0 Å². The molecule has 0 aliphatic heterocycles. The predicted molar refractivity (Wildman–Crippen MR) is 102 cm³/mol. The van der Waals surface area contributed by atoms with E-state index in [-0.39, 0.29) is 12.3 Å². The number of hydrogen-bond acceptors (Lipinski definition) is 7. The number of nitrogens with zero attached hydrogens (tertiary/aromatic N) is 3. The summed E-state index contributed by atoms with van der Waals surface area (Å²) in [7, 11) is 0. The van der Waals surface area contributed by atoms with Gasteiger partial charge in [-0.05, 0) is 30.5 Å². The van der Waals surface area contributed by atoms with Crippen molar-refractivity contribution >= 4 is 33.7 Å². The molecule has 0 bridgehead atoms. The van der Waals surface area contributed by atoms with Gasteiger partial charge in [0.1, 0.15) is 11.5 Å². The van der Waals surface area contributed by atoms with Crippen LogP contribution in [-0.2, 0) is 11.2 Å². The fourth-order valence-corrected chi connectivity index (χ4v) is 3.75. The van der Waals surface area contributed by atoms with Crippen molar-refractivity contribution in [2.75, 3.05) is 5.32 Å². The first-order valence-electron chi connectivity index (χ1n) is 7.86. The molecule has 0 aliphatic rings. The Hall–Kier alpha value is -2.84. The summed E-state index contributed by atoms with van der Waals surface area (Å²) in [5, 5.41) is 7.18. The maximum atomic E-state index is 12.3. The summed E-state index contributed by atoms with van der Waals surface area (Å²) in [4.78, 5) is 26.4. The monoisotopic (exact) mass is 382 g/mol. The first kappa shape index (κ1) is 16.6. The molecule has 1 amide bonds. The third-order valence-corrected chi connectivity index (χ3v) is 5.25. The van der Waals surface area contributed by atoms with E-state index in [1.54, 1.807) is 17.5 Å². The number of anilines is 1. The number of nitrogens with one attached hydrogen (secondary N) is 1. The molecule has 6 nitrogen and oxygen atoms in total. The molecule has 0 radical (unpaired) electrons. The molecular weight excluding hydrogens is 368 g/mol. The first-order valence-corrected chi connectivity index (χ1v) is 9.62. The molecule has 4 rings (SSSR count). The van der Waals surface area contributed by atoms with E-state index in [9.17, 15) is 4.79 Å². The van der Waals surface area contributed by atoms with Crippen LogP contribution < -0.4 is 5.32 Å². The van der Waals surface area contributed by atoms with Gasteiger partial charge >= 0.3 is 0 Å². The lowest BCUT2D eigenvalue weighted by molar-refractivity contribution is -0.115. The topological polar surface area (TPSA) is 80.9 Å². The van der Waals surface area contributed by atoms with Crippen molar-refractivity contribution < 1.29 is 9.21 Å². The minimum absolute atomic E-state index is 0.138. The summed E-state index contributed by atoms with van der Waals surface area (Å²) in [5.74, 6) is 1.02. The van der Waals surface area contributed by atoms with Crippen molar-refractivity contribution in [1.29, 1.82) is 0 Å². The van der Waals surface area contributed by atoms with Gasteiger partial charge in [-0.25, -0.2) is 9.97 Å². The zero-order valence-corrected chi connectivity index (χ0v) is 15.4. The highest BCUT2D eigenvalue weighted by atomic mass is 32.1. The van der Waals surface area contributed by atoms with E-state index >= 15 is 0 Å². The smallest absolute Gasteiger partial charge is 0.236 e. The number of carbonyl (C=O) groups is 1. The van der Waals surface area contributed by atoms with Gasteiger partial charge in [-0.3, -0.25) is 9.78 Å². The van der Waals surface area contributed by atoms with E-state index in [1.165, 1.54) is 11.3 Å². The molecule has 0 aromatic carbocycles. The van der Waals surface area contributed by atoms with Crippen molar-refractivity contribution in [2.45, 2.75) is 13.3 Å². The highest BCUT2D eigenvalue weighted by molar-refractivity contribution is 7.14. The molecule has 0 atom stereocenters. The molecular formula is C18H14N4O2S2. The van der Waals surface area contributed by atoms with Crippen LogP contribution in [0.1, 0.15) is 11.5 Å². The third-order valence-electron chi connectivity index (χ3n) is 3.63. The van der Waals surface area contributed by atoms with Crippen LogP contribution in [0.15, 0.2) is 51.7 Å². The van der Waals surface area contributed by atoms with Crippen molar-refractivity contribution in [1.82, 2.24) is 15.0 Å². The number of carbonyl (C=O) groups excluding carboxylic acids is 1. The van der Waals surface area contributed by atoms with Gasteiger partial charge in [0.25, 0.3) is 0 Å². The molecule has 4 heterocycles. The van der Waals surface area contributed by atoms with E-state index < -0.39 is 0 Å². The molecule has 8 heteroatoms. The van der Waals surface area contributed by atoms with Crippen LogP contribution in [0.4, 0.5) is 5.13 Å². The Morgan fingerprint density at radius 1 is 1.15 bits per heavy atom. The lowest BCUT2D eigenvalue weighted by Gasteiger charge is -1.99. The highest BCUT2D eigenvalue weighted by Crippen LogP contribution is 2.27. The zero-order valence-electron chi connectivity index (χ0n) is 13.8. The standard InChI is InChI=1S/C18H14N4O2S2/c1-11-13(20-17(24-11)15-6-4-8-25-15)9-16(23)22-18-21-14(10-26-18)12-5-2-3-7-19-12/h2-8,10H,9H2,1H3,(H,21,22,23). The molecule has 0 fully saturated rings. The van der Waals surface area contributed by atoms with Gasteiger partial charge in [0.15, 0.2) is 5.13 Å². The molecule has 0 saturated carbocycles. The Balaban J connectivity index is 1.44. The van der Waals surface area contributed by atoms with Gasteiger partial charge in [0, 0.05) is 11.6 Å². The normalized spacial score (nSPS) is 10.8. The minimum Gasteiger partial charge on any atom is -0.440 e. The van der Waals surface area contributed by atoms with Crippen LogP contribution in [0.25, 0.3) is 22.2 Å². The van der Waals surface area contributed by atoms with E-state index in [0.29, 0.717) is 22.5 Å². The average Bonchev–Trinajstić information content (AvgIpc) is 3.38. The molecule has 0 unspecified atom stereocenters. The Morgan fingerprint density at radius 2 is 2.08 bits per heavy atom. The minimum atomic E-state index is -0.180. The van der Waals surface area contributed by atoms with Crippen LogP contribution in [0.2, 0.25) is 0 Å². The van der Waals surface area contributed by atoms with Gasteiger partial charge in [0.05, 0.1) is 22.7 Å². The second kappa shape index (κ2) is 7.19. The number of thiophene rings is 1. The maximum Gasteiger partial charge on any atom is 0.236 e. The third kappa shape index (κ3) is 3.56. The number of hydrogen-bond donors (Lipinski definition) is 1. The second-order valence-corrected chi connectivity index (χ2v) is 7.28. The van der Waals surface area contributed by atoms with E-state index in [1.807, 2.05) is 48.0 Å². The number of thiazole rings is 1. The van der Waals surface area contributed by atoms with E-state index in [4.69, 9.17) is 4.42 Å². The summed E-state index contributed by atoms with van der Waals surface area (Å²) in [6, 6.07) is 9.51. The van der Waals surface area contributed by atoms with Gasteiger partial charge in [-0.2, -0.15) is 0 Å². The Bertz CT molecular complexity index is 1020. The summed E-state index contributed by atoms with van der Waals surface area (Å²) in [6.45, 7) is 1.81. The largest absolute Gasteiger partial charge is 0.440 e. The number of aromatic nitrogens is 3. The molecule has 4 aromatic rings. The lowest BCUT2D eigenvalue weighted by atomic mass is 10.2. The van der Waals surface area contributed by atoms with Crippen LogP contribution in [0.5, 0.6) is 0 Å². The Kier molecular flexibility index (Phi) is 4.59. The SMILES string of the molecule is Cc1oc(-c2cccs2)nc1CC(=O)Nc1nc(-c2ccccn2)cs1. The molecule has 26 heavy (non-hydrogen) atoms. The van der Waals surface area contributed by atoms with Crippen LogP contribution in [0.3, 0.4) is 0 Å². The number of oxazole rings is 1. The summed E-state index contributed by atoms with van der Waals surface area (Å²) >= 11 is 2.91. The van der Waals surface area contributed by atoms with E-state index in [2.05, 4.69) is 20.3 Å². The quantitative estimate of drug-likeness (QED) is 0.553. The van der Waals surface area contributed by atoms with E-state index in [0.717, 1.165) is 16.3 Å². The number of aryl methyl sites for hydroxylation is 1. The number of pyridine rings is 1. The summed E-state index contributed by atoms with van der Waals surface area (Å²) in [5.41, 5.74) is 2.15. The molecule has 0 saturated heterocycles. The molecule has 4 aromatic heterocycles.